The van der Waals surface area contributed by atoms with Gasteiger partial charge in [0.2, 0.25) is 0 Å². The summed E-state index contributed by atoms with van der Waals surface area (Å²) in [5, 5.41) is 1.39. The van der Waals surface area contributed by atoms with E-state index in [0.717, 1.165) is 11.1 Å². The summed E-state index contributed by atoms with van der Waals surface area (Å²) in [4.78, 5) is 0. The Hall–Kier alpha value is -0.960. The first kappa shape index (κ1) is 17.4. The molecule has 0 amide bonds. The van der Waals surface area contributed by atoms with Crippen LogP contribution in [0.3, 0.4) is 0 Å². The molecule has 0 aliphatic rings. The SMILES string of the molecule is O=[P+](OCCc1ccc(Cl)cc1)OCCc1ccc(Cl)cc1. The van der Waals surface area contributed by atoms with Crippen molar-refractivity contribution in [2.75, 3.05) is 13.2 Å². The van der Waals surface area contributed by atoms with Gasteiger partial charge in [-0.05, 0) is 35.4 Å². The average Bonchev–Trinajstić information content (AvgIpc) is 2.51. The molecule has 116 valence electrons. The number of benzene rings is 2. The second-order valence-corrected chi connectivity index (χ2v) is 6.48. The van der Waals surface area contributed by atoms with Crippen LogP contribution in [0, 0.1) is 0 Å². The zero-order valence-corrected chi connectivity index (χ0v) is 14.3. The molecule has 0 heterocycles. The summed E-state index contributed by atoms with van der Waals surface area (Å²) in [5.41, 5.74) is 2.16. The van der Waals surface area contributed by atoms with Gasteiger partial charge < -0.3 is 0 Å². The molecule has 0 spiro atoms. The average molecular weight is 358 g/mol. The van der Waals surface area contributed by atoms with Crippen molar-refractivity contribution in [2.45, 2.75) is 12.8 Å². The summed E-state index contributed by atoms with van der Waals surface area (Å²) in [6.45, 7) is 0.690. The zero-order valence-electron chi connectivity index (χ0n) is 11.9. The van der Waals surface area contributed by atoms with Crippen LogP contribution in [0.5, 0.6) is 0 Å². The van der Waals surface area contributed by atoms with Crippen LogP contribution < -0.4 is 0 Å². The predicted octanol–water partition coefficient (Wildman–Crippen LogP) is 5.47. The molecule has 0 aliphatic carbocycles. The third kappa shape index (κ3) is 6.43. The van der Waals surface area contributed by atoms with E-state index in [1.807, 2.05) is 48.5 Å². The van der Waals surface area contributed by atoms with Crippen molar-refractivity contribution in [1.29, 1.82) is 0 Å². The first-order valence-electron chi connectivity index (χ1n) is 6.85. The predicted molar refractivity (Wildman–Crippen MR) is 89.8 cm³/mol. The minimum absolute atomic E-state index is 0.345. The second-order valence-electron chi connectivity index (χ2n) is 4.64. The van der Waals surface area contributed by atoms with E-state index in [4.69, 9.17) is 32.2 Å². The Morgan fingerprint density at radius 1 is 0.727 bits per heavy atom. The van der Waals surface area contributed by atoms with Crippen LogP contribution in [0.2, 0.25) is 10.0 Å². The molecule has 2 rings (SSSR count). The van der Waals surface area contributed by atoms with E-state index < -0.39 is 8.25 Å². The van der Waals surface area contributed by atoms with Gasteiger partial charge in [0.1, 0.15) is 13.2 Å². The molecule has 0 N–H and O–H groups in total. The number of halogens is 2. The number of rotatable bonds is 8. The van der Waals surface area contributed by atoms with Crippen LogP contribution in [0.25, 0.3) is 0 Å². The molecule has 2 aromatic rings. The van der Waals surface area contributed by atoms with Crippen LogP contribution in [0.15, 0.2) is 48.5 Å². The summed E-state index contributed by atoms with van der Waals surface area (Å²) in [6.07, 6.45) is 1.33. The highest BCUT2D eigenvalue weighted by Crippen LogP contribution is 2.24. The van der Waals surface area contributed by atoms with E-state index in [2.05, 4.69) is 0 Å². The van der Waals surface area contributed by atoms with E-state index in [0.29, 0.717) is 36.1 Å². The number of hydrogen-bond donors (Lipinski definition) is 0. The molecule has 6 heteroatoms. The molecule has 0 saturated heterocycles. The van der Waals surface area contributed by atoms with Crippen molar-refractivity contribution >= 4 is 31.5 Å². The largest absolute Gasteiger partial charge is 0.697 e. The van der Waals surface area contributed by atoms with Gasteiger partial charge in [0.25, 0.3) is 0 Å². The van der Waals surface area contributed by atoms with E-state index in [1.54, 1.807) is 0 Å². The van der Waals surface area contributed by atoms with Gasteiger partial charge in [-0.3, -0.25) is 0 Å². The lowest BCUT2D eigenvalue weighted by atomic mass is 10.2. The van der Waals surface area contributed by atoms with Crippen molar-refractivity contribution in [3.8, 4) is 0 Å². The van der Waals surface area contributed by atoms with E-state index in [1.165, 1.54) is 0 Å². The maximum absolute atomic E-state index is 11.6. The topological polar surface area (TPSA) is 35.5 Å². The van der Waals surface area contributed by atoms with Crippen LogP contribution in [0.4, 0.5) is 0 Å². The lowest BCUT2D eigenvalue weighted by Crippen LogP contribution is -1.97. The Balaban J connectivity index is 1.61. The van der Waals surface area contributed by atoms with Crippen molar-refractivity contribution in [3.05, 3.63) is 69.7 Å². The van der Waals surface area contributed by atoms with Crippen molar-refractivity contribution in [1.82, 2.24) is 0 Å². The fourth-order valence-electron chi connectivity index (χ4n) is 1.82. The highest BCUT2D eigenvalue weighted by atomic mass is 35.5. The summed E-state index contributed by atoms with van der Waals surface area (Å²) in [5.74, 6) is 0. The van der Waals surface area contributed by atoms with Gasteiger partial charge in [0.05, 0.1) is 0 Å². The normalized spacial score (nSPS) is 10.6. The minimum Gasteiger partial charge on any atom is -0.119 e. The lowest BCUT2D eigenvalue weighted by Gasteiger charge is -1.98. The molecule has 2 aromatic carbocycles. The number of hydrogen-bond acceptors (Lipinski definition) is 3. The Labute approximate surface area is 141 Å². The molecule has 0 unspecified atom stereocenters. The van der Waals surface area contributed by atoms with Crippen molar-refractivity contribution in [3.63, 3.8) is 0 Å². The van der Waals surface area contributed by atoms with Crippen LogP contribution in [0.1, 0.15) is 11.1 Å². The third-order valence-electron chi connectivity index (χ3n) is 3.00. The van der Waals surface area contributed by atoms with Gasteiger partial charge >= 0.3 is 8.25 Å². The van der Waals surface area contributed by atoms with Crippen molar-refractivity contribution in [2.24, 2.45) is 0 Å². The molecule has 0 bridgehead atoms. The van der Waals surface area contributed by atoms with Crippen LogP contribution in [-0.4, -0.2) is 13.2 Å². The smallest absolute Gasteiger partial charge is 0.119 e. The van der Waals surface area contributed by atoms with E-state index in [-0.39, 0.29) is 0 Å². The van der Waals surface area contributed by atoms with Crippen LogP contribution >= 0.6 is 31.5 Å². The van der Waals surface area contributed by atoms with Gasteiger partial charge in [0, 0.05) is 27.5 Å². The quantitative estimate of drug-likeness (QED) is 0.587. The fraction of sp³-hybridized carbons (Fsp3) is 0.250. The first-order chi connectivity index (χ1) is 10.6. The molecule has 22 heavy (non-hydrogen) atoms. The van der Waals surface area contributed by atoms with Gasteiger partial charge in [-0.2, -0.15) is 0 Å². The second kappa shape index (κ2) is 9.24. The molecular weight excluding hydrogens is 342 g/mol. The van der Waals surface area contributed by atoms with Gasteiger partial charge in [-0.25, -0.2) is 0 Å². The Bertz CT molecular complexity index is 546. The molecular formula is C16H16Cl2O3P+. The van der Waals surface area contributed by atoms with Crippen LogP contribution in [-0.2, 0) is 26.5 Å². The Kier molecular flexibility index (Phi) is 7.31. The summed E-state index contributed by atoms with van der Waals surface area (Å²) in [6, 6.07) is 14.9. The Morgan fingerprint density at radius 2 is 1.09 bits per heavy atom. The molecule has 0 aromatic heterocycles. The van der Waals surface area contributed by atoms with Gasteiger partial charge in [0.15, 0.2) is 0 Å². The molecule has 0 radical (unpaired) electrons. The van der Waals surface area contributed by atoms with Gasteiger partial charge in [-0.1, -0.05) is 47.5 Å². The molecule has 0 fully saturated rings. The Morgan fingerprint density at radius 3 is 1.45 bits per heavy atom. The zero-order chi connectivity index (χ0) is 15.8. The lowest BCUT2D eigenvalue weighted by molar-refractivity contribution is 0.229. The standard InChI is InChI=1S/C16H16Cl2O3P/c17-15-5-1-13(2-6-15)9-11-20-22(19)21-12-10-14-3-7-16(18)8-4-14/h1-8H,9-12H2/q+1. The molecule has 3 nitrogen and oxygen atoms in total. The third-order valence-corrected chi connectivity index (χ3v) is 4.29. The highest BCUT2D eigenvalue weighted by Gasteiger charge is 2.19. The first-order valence-corrected chi connectivity index (χ1v) is 8.70. The van der Waals surface area contributed by atoms with Crippen molar-refractivity contribution < 1.29 is 13.6 Å². The minimum atomic E-state index is -2.09. The molecule has 0 saturated carbocycles. The summed E-state index contributed by atoms with van der Waals surface area (Å²) >= 11 is 11.6. The molecule has 0 aliphatic heterocycles. The summed E-state index contributed by atoms with van der Waals surface area (Å²) < 4.78 is 21.9. The monoisotopic (exact) mass is 357 g/mol. The maximum Gasteiger partial charge on any atom is 0.697 e. The van der Waals surface area contributed by atoms with Gasteiger partial charge in [-0.15, -0.1) is 9.05 Å². The molecule has 0 atom stereocenters. The summed E-state index contributed by atoms with van der Waals surface area (Å²) in [7, 11) is -2.09. The fourth-order valence-corrected chi connectivity index (χ4v) is 2.62. The maximum atomic E-state index is 11.6. The van der Waals surface area contributed by atoms with E-state index in [9.17, 15) is 4.57 Å². The van der Waals surface area contributed by atoms with E-state index >= 15 is 0 Å². The highest BCUT2D eigenvalue weighted by molar-refractivity contribution is 7.33.